The lowest BCUT2D eigenvalue weighted by atomic mass is 10.1. The zero-order valence-electron chi connectivity index (χ0n) is 12.6. The first-order valence-electron chi connectivity index (χ1n) is 6.67. The number of hydrogen-bond donors (Lipinski definition) is 1. The van der Waals surface area contributed by atoms with Crippen LogP contribution in [0.2, 0.25) is 0 Å². The summed E-state index contributed by atoms with van der Waals surface area (Å²) in [7, 11) is 5.19. The summed E-state index contributed by atoms with van der Waals surface area (Å²) in [6.45, 7) is 5.21. The molecule has 0 aliphatic carbocycles. The molecule has 1 rings (SSSR count). The minimum atomic E-state index is 0.0537. The molecule has 19 heavy (non-hydrogen) atoms. The second-order valence-corrected chi connectivity index (χ2v) is 4.90. The number of rotatable bonds is 7. The maximum Gasteiger partial charge on any atom is 0.200 e. The standard InChI is InChI=1S/C15H25NO3/c1-6-7-11(2)16(3)10-12-8-13(18-4)15(17)14(9-12)19-5/h8-9,11,17H,6-7,10H2,1-5H3. The number of phenolic OH excluding ortho intramolecular Hbond substituents is 1. The largest absolute Gasteiger partial charge is 0.502 e. The van der Waals surface area contributed by atoms with Gasteiger partial charge in [-0.25, -0.2) is 0 Å². The SMILES string of the molecule is CCCC(C)N(C)Cc1cc(OC)c(O)c(OC)c1. The summed E-state index contributed by atoms with van der Waals surface area (Å²) in [6.07, 6.45) is 2.34. The van der Waals surface area contributed by atoms with Crippen LogP contribution in [0, 0.1) is 0 Å². The van der Waals surface area contributed by atoms with Gasteiger partial charge in [-0.05, 0) is 38.1 Å². The van der Waals surface area contributed by atoms with Crippen molar-refractivity contribution in [1.29, 1.82) is 0 Å². The highest BCUT2D eigenvalue weighted by atomic mass is 16.5. The van der Waals surface area contributed by atoms with Crippen molar-refractivity contribution in [3.05, 3.63) is 17.7 Å². The van der Waals surface area contributed by atoms with Gasteiger partial charge in [0.05, 0.1) is 14.2 Å². The Morgan fingerprint density at radius 3 is 2.16 bits per heavy atom. The number of methoxy groups -OCH3 is 2. The third-order valence-electron chi connectivity index (χ3n) is 3.43. The second-order valence-electron chi connectivity index (χ2n) is 4.90. The predicted octanol–water partition coefficient (Wildman–Crippen LogP) is 3.03. The van der Waals surface area contributed by atoms with Crippen molar-refractivity contribution < 1.29 is 14.6 Å². The molecule has 0 saturated heterocycles. The minimum Gasteiger partial charge on any atom is -0.502 e. The Hall–Kier alpha value is -1.42. The summed E-state index contributed by atoms with van der Waals surface area (Å²) in [5.74, 6) is 0.954. The van der Waals surface area contributed by atoms with Gasteiger partial charge in [-0.3, -0.25) is 4.90 Å². The molecule has 1 aromatic rings. The molecule has 0 aromatic heterocycles. The van der Waals surface area contributed by atoms with E-state index in [2.05, 4.69) is 25.8 Å². The molecular weight excluding hydrogens is 242 g/mol. The van der Waals surface area contributed by atoms with Gasteiger partial charge in [0.25, 0.3) is 0 Å². The maximum absolute atomic E-state index is 9.88. The summed E-state index contributed by atoms with van der Waals surface area (Å²) >= 11 is 0. The van der Waals surface area contributed by atoms with Crippen LogP contribution in [0.5, 0.6) is 17.2 Å². The Morgan fingerprint density at radius 1 is 1.21 bits per heavy atom. The third kappa shape index (κ3) is 4.03. The van der Waals surface area contributed by atoms with Crippen LogP contribution in [0.1, 0.15) is 32.3 Å². The van der Waals surface area contributed by atoms with Gasteiger partial charge in [-0.2, -0.15) is 0 Å². The van der Waals surface area contributed by atoms with Crippen LogP contribution in [-0.4, -0.2) is 37.3 Å². The van der Waals surface area contributed by atoms with Crippen molar-refractivity contribution in [2.45, 2.75) is 39.3 Å². The maximum atomic E-state index is 9.88. The van der Waals surface area contributed by atoms with E-state index in [1.807, 2.05) is 12.1 Å². The fourth-order valence-electron chi connectivity index (χ4n) is 2.12. The molecule has 0 amide bonds. The van der Waals surface area contributed by atoms with Crippen molar-refractivity contribution in [3.8, 4) is 17.2 Å². The monoisotopic (exact) mass is 267 g/mol. The van der Waals surface area contributed by atoms with Crippen molar-refractivity contribution in [1.82, 2.24) is 4.90 Å². The first-order chi connectivity index (χ1) is 9.03. The van der Waals surface area contributed by atoms with E-state index in [-0.39, 0.29) is 5.75 Å². The summed E-state index contributed by atoms with van der Waals surface area (Å²) < 4.78 is 10.3. The van der Waals surface area contributed by atoms with E-state index >= 15 is 0 Å². The molecule has 0 saturated carbocycles. The molecule has 1 unspecified atom stereocenters. The molecule has 0 spiro atoms. The molecule has 4 heteroatoms. The van der Waals surface area contributed by atoms with E-state index in [1.54, 1.807) is 14.2 Å². The van der Waals surface area contributed by atoms with E-state index in [0.717, 1.165) is 12.1 Å². The zero-order valence-corrected chi connectivity index (χ0v) is 12.6. The molecule has 4 nitrogen and oxygen atoms in total. The average molecular weight is 267 g/mol. The van der Waals surface area contributed by atoms with Gasteiger partial charge in [0.15, 0.2) is 11.5 Å². The second kappa shape index (κ2) is 7.24. The molecule has 0 radical (unpaired) electrons. The highest BCUT2D eigenvalue weighted by molar-refractivity contribution is 5.52. The van der Waals surface area contributed by atoms with Gasteiger partial charge in [-0.1, -0.05) is 13.3 Å². The molecule has 0 fully saturated rings. The minimum absolute atomic E-state index is 0.0537. The quantitative estimate of drug-likeness (QED) is 0.824. The Kier molecular flexibility index (Phi) is 5.96. The van der Waals surface area contributed by atoms with Crippen LogP contribution >= 0.6 is 0 Å². The summed E-state index contributed by atoms with van der Waals surface area (Å²) in [6, 6.07) is 4.23. The normalized spacial score (nSPS) is 12.5. The first kappa shape index (κ1) is 15.6. The van der Waals surface area contributed by atoms with Gasteiger partial charge in [0.2, 0.25) is 5.75 Å². The van der Waals surface area contributed by atoms with Crippen molar-refractivity contribution in [2.24, 2.45) is 0 Å². The Balaban J connectivity index is 2.89. The summed E-state index contributed by atoms with van der Waals surface area (Å²) in [5, 5.41) is 9.88. The lowest BCUT2D eigenvalue weighted by Gasteiger charge is -2.24. The van der Waals surface area contributed by atoms with Gasteiger partial charge in [0.1, 0.15) is 0 Å². The van der Waals surface area contributed by atoms with E-state index in [1.165, 1.54) is 12.8 Å². The first-order valence-corrected chi connectivity index (χ1v) is 6.67. The van der Waals surface area contributed by atoms with Crippen LogP contribution in [-0.2, 0) is 6.54 Å². The van der Waals surface area contributed by atoms with Gasteiger partial charge in [0, 0.05) is 12.6 Å². The number of benzene rings is 1. The van der Waals surface area contributed by atoms with Crippen LogP contribution in [0.4, 0.5) is 0 Å². The summed E-state index contributed by atoms with van der Waals surface area (Å²) in [4.78, 5) is 2.29. The third-order valence-corrected chi connectivity index (χ3v) is 3.43. The average Bonchev–Trinajstić information content (AvgIpc) is 2.40. The molecule has 0 aliphatic heterocycles. The van der Waals surface area contributed by atoms with Crippen LogP contribution in [0.3, 0.4) is 0 Å². The number of aromatic hydroxyl groups is 1. The van der Waals surface area contributed by atoms with E-state index in [0.29, 0.717) is 17.5 Å². The Bertz CT molecular complexity index is 381. The highest BCUT2D eigenvalue weighted by Gasteiger charge is 2.14. The van der Waals surface area contributed by atoms with Crippen LogP contribution < -0.4 is 9.47 Å². The lowest BCUT2D eigenvalue weighted by molar-refractivity contribution is 0.236. The van der Waals surface area contributed by atoms with Crippen molar-refractivity contribution in [2.75, 3.05) is 21.3 Å². The number of phenols is 1. The predicted molar refractivity (Wildman–Crippen MR) is 77.0 cm³/mol. The topological polar surface area (TPSA) is 41.9 Å². The van der Waals surface area contributed by atoms with Gasteiger partial charge in [-0.15, -0.1) is 0 Å². The van der Waals surface area contributed by atoms with Gasteiger partial charge < -0.3 is 14.6 Å². The van der Waals surface area contributed by atoms with Crippen LogP contribution in [0.25, 0.3) is 0 Å². The molecule has 108 valence electrons. The number of nitrogens with zero attached hydrogens (tertiary/aromatic N) is 1. The number of hydrogen-bond acceptors (Lipinski definition) is 4. The lowest BCUT2D eigenvalue weighted by Crippen LogP contribution is -2.28. The smallest absolute Gasteiger partial charge is 0.200 e. The summed E-state index contributed by atoms with van der Waals surface area (Å²) in [5.41, 5.74) is 1.07. The Morgan fingerprint density at radius 2 is 1.74 bits per heavy atom. The molecule has 1 atom stereocenters. The van der Waals surface area contributed by atoms with Gasteiger partial charge >= 0.3 is 0 Å². The molecule has 1 aromatic carbocycles. The molecule has 0 bridgehead atoms. The number of ether oxygens (including phenoxy) is 2. The molecule has 1 N–H and O–H groups in total. The fourth-order valence-corrected chi connectivity index (χ4v) is 2.12. The van der Waals surface area contributed by atoms with Crippen molar-refractivity contribution in [3.63, 3.8) is 0 Å². The zero-order chi connectivity index (χ0) is 14.4. The molecular formula is C15H25NO3. The van der Waals surface area contributed by atoms with E-state index in [4.69, 9.17) is 9.47 Å². The fraction of sp³-hybridized carbons (Fsp3) is 0.600. The van der Waals surface area contributed by atoms with E-state index in [9.17, 15) is 5.11 Å². The highest BCUT2D eigenvalue weighted by Crippen LogP contribution is 2.37. The molecule has 0 heterocycles. The Labute approximate surface area is 115 Å². The molecule has 0 aliphatic rings. The van der Waals surface area contributed by atoms with Crippen molar-refractivity contribution >= 4 is 0 Å². The van der Waals surface area contributed by atoms with E-state index < -0.39 is 0 Å². The van der Waals surface area contributed by atoms with Crippen LogP contribution in [0.15, 0.2) is 12.1 Å².